The minimum Gasteiger partial charge on any atom is -0.349 e. The zero-order valence-electron chi connectivity index (χ0n) is 13.6. The molecule has 1 N–H and O–H groups in total. The molecule has 1 amide bonds. The lowest BCUT2D eigenvalue weighted by atomic mass is 9.84. The molecule has 0 aromatic carbocycles. The van der Waals surface area contributed by atoms with E-state index in [4.69, 9.17) is 0 Å². The van der Waals surface area contributed by atoms with Gasteiger partial charge >= 0.3 is 0 Å². The first-order valence-corrected chi connectivity index (χ1v) is 8.19. The maximum absolute atomic E-state index is 12.6. The zero-order valence-corrected chi connectivity index (χ0v) is 13.6. The van der Waals surface area contributed by atoms with Gasteiger partial charge in [0.1, 0.15) is 5.56 Å². The molecule has 1 saturated carbocycles. The molecular weight excluding hydrogens is 276 g/mol. The Kier molecular flexibility index (Phi) is 4.14. The first kappa shape index (κ1) is 15.0. The third kappa shape index (κ3) is 2.85. The Labute approximate surface area is 131 Å². The van der Waals surface area contributed by atoms with Crippen LogP contribution in [0.4, 0.5) is 0 Å². The monoisotopic (exact) mass is 300 g/mol. The Morgan fingerprint density at radius 2 is 2.05 bits per heavy atom. The van der Waals surface area contributed by atoms with Crippen molar-refractivity contribution in [3.63, 3.8) is 0 Å². The van der Waals surface area contributed by atoms with E-state index in [-0.39, 0.29) is 11.9 Å². The van der Waals surface area contributed by atoms with Crippen LogP contribution in [0.5, 0.6) is 0 Å². The number of amides is 1. The highest BCUT2D eigenvalue weighted by atomic mass is 16.1. The second-order valence-corrected chi connectivity index (χ2v) is 6.49. The summed E-state index contributed by atoms with van der Waals surface area (Å²) in [6.45, 7) is 6.02. The summed E-state index contributed by atoms with van der Waals surface area (Å²) >= 11 is 0. The number of carbonyl (C=O) groups excluding carboxylic acids is 1. The molecule has 1 aliphatic rings. The Balaban J connectivity index is 1.80. The molecule has 1 unspecified atom stereocenters. The second kappa shape index (κ2) is 6.07. The van der Waals surface area contributed by atoms with Crippen LogP contribution in [0.3, 0.4) is 0 Å². The van der Waals surface area contributed by atoms with Gasteiger partial charge in [-0.1, -0.05) is 19.3 Å². The van der Waals surface area contributed by atoms with Gasteiger partial charge in [0, 0.05) is 17.4 Å². The van der Waals surface area contributed by atoms with E-state index in [9.17, 15) is 4.79 Å². The average Bonchev–Trinajstić information content (AvgIpc) is 2.92. The molecule has 0 saturated heterocycles. The van der Waals surface area contributed by atoms with E-state index in [1.165, 1.54) is 32.1 Å². The highest BCUT2D eigenvalue weighted by molar-refractivity contribution is 5.99. The number of nitrogens with one attached hydrogen (secondary N) is 1. The van der Waals surface area contributed by atoms with Crippen molar-refractivity contribution in [3.8, 4) is 0 Å². The summed E-state index contributed by atoms with van der Waals surface area (Å²) in [7, 11) is 0. The fourth-order valence-corrected chi connectivity index (χ4v) is 3.47. The third-order valence-electron chi connectivity index (χ3n) is 4.74. The maximum Gasteiger partial charge on any atom is 0.256 e. The van der Waals surface area contributed by atoms with Crippen molar-refractivity contribution in [1.29, 1.82) is 0 Å². The number of fused-ring (bicyclic) bond motifs is 1. The smallest absolute Gasteiger partial charge is 0.256 e. The lowest BCUT2D eigenvalue weighted by Crippen LogP contribution is -2.38. The van der Waals surface area contributed by atoms with Crippen molar-refractivity contribution >= 4 is 11.6 Å². The van der Waals surface area contributed by atoms with Crippen molar-refractivity contribution in [2.75, 3.05) is 0 Å². The van der Waals surface area contributed by atoms with E-state index in [2.05, 4.69) is 22.3 Å². The molecule has 2 aromatic heterocycles. The van der Waals surface area contributed by atoms with Crippen LogP contribution >= 0.6 is 0 Å². The van der Waals surface area contributed by atoms with Gasteiger partial charge in [0.05, 0.1) is 6.20 Å². The van der Waals surface area contributed by atoms with Crippen LogP contribution in [-0.2, 0) is 0 Å². The first-order chi connectivity index (χ1) is 10.6. The van der Waals surface area contributed by atoms with Crippen molar-refractivity contribution in [3.05, 3.63) is 29.2 Å². The molecule has 0 aliphatic heterocycles. The average molecular weight is 300 g/mol. The topological polar surface area (TPSA) is 59.3 Å². The first-order valence-electron chi connectivity index (χ1n) is 8.19. The summed E-state index contributed by atoms with van der Waals surface area (Å²) in [5.41, 5.74) is 3.10. The maximum atomic E-state index is 12.6. The fourth-order valence-electron chi connectivity index (χ4n) is 3.47. The molecule has 22 heavy (non-hydrogen) atoms. The fraction of sp³-hybridized carbons (Fsp3) is 0.588. The SMILES string of the molecule is Cc1cc(C)n2ncc(C(=O)NC(C)C3CCCCC3)c2n1. The lowest BCUT2D eigenvalue weighted by molar-refractivity contribution is 0.0921. The number of aryl methyl sites for hydroxylation is 2. The molecular formula is C17H24N4O. The summed E-state index contributed by atoms with van der Waals surface area (Å²) in [6, 6.07) is 2.17. The van der Waals surface area contributed by atoms with E-state index < -0.39 is 0 Å². The molecule has 3 rings (SSSR count). The highest BCUT2D eigenvalue weighted by Crippen LogP contribution is 2.26. The number of nitrogens with zero attached hydrogens (tertiary/aromatic N) is 3. The van der Waals surface area contributed by atoms with Gasteiger partial charge in [-0.15, -0.1) is 0 Å². The standard InChI is InChI=1S/C17H24N4O/c1-11-9-12(2)21-16(19-11)15(10-18-21)17(22)20-13(3)14-7-5-4-6-8-14/h9-10,13-14H,4-8H2,1-3H3,(H,20,22). The number of hydrogen-bond acceptors (Lipinski definition) is 3. The summed E-state index contributed by atoms with van der Waals surface area (Å²) < 4.78 is 1.73. The molecule has 0 bridgehead atoms. The lowest BCUT2D eigenvalue weighted by Gasteiger charge is -2.28. The van der Waals surface area contributed by atoms with Crippen molar-refractivity contribution in [2.24, 2.45) is 5.92 Å². The van der Waals surface area contributed by atoms with Crippen LogP contribution in [0, 0.1) is 19.8 Å². The predicted molar refractivity (Wildman–Crippen MR) is 86.0 cm³/mol. The summed E-state index contributed by atoms with van der Waals surface area (Å²) in [6.07, 6.45) is 7.94. The van der Waals surface area contributed by atoms with E-state index in [1.54, 1.807) is 10.7 Å². The van der Waals surface area contributed by atoms with Crippen LogP contribution < -0.4 is 5.32 Å². The quantitative estimate of drug-likeness (QED) is 0.947. The van der Waals surface area contributed by atoms with Gasteiger partial charge in [-0.3, -0.25) is 4.79 Å². The number of hydrogen-bond donors (Lipinski definition) is 1. The normalized spacial score (nSPS) is 17.6. The molecule has 2 aromatic rings. The third-order valence-corrected chi connectivity index (χ3v) is 4.74. The van der Waals surface area contributed by atoms with Gasteiger partial charge in [-0.2, -0.15) is 5.10 Å². The molecule has 2 heterocycles. The molecule has 118 valence electrons. The van der Waals surface area contributed by atoms with Crippen molar-refractivity contribution in [2.45, 2.75) is 58.9 Å². The van der Waals surface area contributed by atoms with Gasteiger partial charge in [0.15, 0.2) is 5.65 Å². The molecule has 0 radical (unpaired) electrons. The van der Waals surface area contributed by atoms with Crippen LogP contribution in [0.15, 0.2) is 12.3 Å². The van der Waals surface area contributed by atoms with Gasteiger partial charge in [-0.25, -0.2) is 9.50 Å². The van der Waals surface area contributed by atoms with Crippen molar-refractivity contribution in [1.82, 2.24) is 19.9 Å². The van der Waals surface area contributed by atoms with Crippen LogP contribution in [-0.4, -0.2) is 26.5 Å². The van der Waals surface area contributed by atoms with E-state index in [1.807, 2.05) is 19.9 Å². The molecule has 5 heteroatoms. The molecule has 1 aliphatic carbocycles. The van der Waals surface area contributed by atoms with E-state index >= 15 is 0 Å². The number of rotatable bonds is 3. The Hall–Kier alpha value is -1.91. The minimum absolute atomic E-state index is 0.0643. The largest absolute Gasteiger partial charge is 0.349 e. The minimum atomic E-state index is -0.0643. The Morgan fingerprint density at radius 3 is 2.77 bits per heavy atom. The van der Waals surface area contributed by atoms with Crippen LogP contribution in [0.2, 0.25) is 0 Å². The van der Waals surface area contributed by atoms with Gasteiger partial charge in [0.25, 0.3) is 5.91 Å². The molecule has 1 atom stereocenters. The van der Waals surface area contributed by atoms with Crippen molar-refractivity contribution < 1.29 is 4.79 Å². The van der Waals surface area contributed by atoms with Crippen LogP contribution in [0.1, 0.15) is 60.8 Å². The molecule has 1 fully saturated rings. The summed E-state index contributed by atoms with van der Waals surface area (Å²) in [4.78, 5) is 17.1. The van der Waals surface area contributed by atoms with E-state index in [0.717, 1.165) is 11.4 Å². The summed E-state index contributed by atoms with van der Waals surface area (Å²) in [5, 5.41) is 7.44. The van der Waals surface area contributed by atoms with Crippen LogP contribution in [0.25, 0.3) is 5.65 Å². The van der Waals surface area contributed by atoms with E-state index in [0.29, 0.717) is 17.1 Å². The molecule has 5 nitrogen and oxygen atoms in total. The Bertz CT molecular complexity index is 685. The predicted octanol–water partition coefficient (Wildman–Crippen LogP) is 3.04. The second-order valence-electron chi connectivity index (χ2n) is 6.49. The summed E-state index contributed by atoms with van der Waals surface area (Å²) in [5.74, 6) is 0.529. The Morgan fingerprint density at radius 1 is 1.32 bits per heavy atom. The molecule has 0 spiro atoms. The van der Waals surface area contributed by atoms with Gasteiger partial charge in [0.2, 0.25) is 0 Å². The number of aromatic nitrogens is 3. The van der Waals surface area contributed by atoms with Gasteiger partial charge < -0.3 is 5.32 Å². The highest BCUT2D eigenvalue weighted by Gasteiger charge is 2.23. The van der Waals surface area contributed by atoms with Gasteiger partial charge in [-0.05, 0) is 45.6 Å². The number of carbonyl (C=O) groups is 1. The zero-order chi connectivity index (χ0) is 15.7.